The van der Waals surface area contributed by atoms with Crippen molar-refractivity contribution in [1.29, 1.82) is 0 Å². The average Bonchev–Trinajstić information content (AvgIpc) is 2.92. The van der Waals surface area contributed by atoms with Crippen LogP contribution >= 0.6 is 0 Å². The first-order chi connectivity index (χ1) is 10.9. The van der Waals surface area contributed by atoms with Gasteiger partial charge in [0.05, 0.1) is 36.4 Å². The van der Waals surface area contributed by atoms with Gasteiger partial charge in [-0.25, -0.2) is 4.39 Å². The van der Waals surface area contributed by atoms with E-state index in [0.29, 0.717) is 26.1 Å². The Kier molecular flexibility index (Phi) is 4.19. The van der Waals surface area contributed by atoms with Crippen LogP contribution in [0.15, 0.2) is 24.3 Å². The fourth-order valence-corrected chi connectivity index (χ4v) is 3.82. The van der Waals surface area contributed by atoms with Gasteiger partial charge in [-0.05, 0) is 44.9 Å². The second-order valence-corrected chi connectivity index (χ2v) is 6.87. The van der Waals surface area contributed by atoms with Crippen molar-refractivity contribution in [3.05, 3.63) is 35.6 Å². The molecule has 1 aromatic rings. The Morgan fingerprint density at radius 1 is 1.26 bits per heavy atom. The zero-order chi connectivity index (χ0) is 16.7. The van der Waals surface area contributed by atoms with Gasteiger partial charge < -0.3 is 14.2 Å². The smallest absolute Gasteiger partial charge is 0.311 e. The van der Waals surface area contributed by atoms with E-state index >= 15 is 0 Å². The second-order valence-electron chi connectivity index (χ2n) is 6.87. The average molecular weight is 322 g/mol. The van der Waals surface area contributed by atoms with Gasteiger partial charge in [0, 0.05) is 6.42 Å². The molecule has 23 heavy (non-hydrogen) atoms. The number of esters is 1. The monoisotopic (exact) mass is 322 g/mol. The highest BCUT2D eigenvalue weighted by Crippen LogP contribution is 2.55. The Morgan fingerprint density at radius 3 is 2.52 bits per heavy atom. The van der Waals surface area contributed by atoms with Gasteiger partial charge in [0.25, 0.3) is 0 Å². The fraction of sp³-hybridized carbons (Fsp3) is 0.611. The van der Waals surface area contributed by atoms with E-state index in [2.05, 4.69) is 0 Å². The summed E-state index contributed by atoms with van der Waals surface area (Å²) in [5.41, 5.74) is -0.0920. The number of benzene rings is 1. The third-order valence-electron chi connectivity index (χ3n) is 5.02. The van der Waals surface area contributed by atoms with E-state index < -0.39 is 11.2 Å². The maximum atomic E-state index is 12.9. The van der Waals surface area contributed by atoms with Gasteiger partial charge in [-0.1, -0.05) is 12.1 Å². The molecule has 4 nitrogen and oxygen atoms in total. The molecule has 0 aromatic heterocycles. The Labute approximate surface area is 135 Å². The molecule has 2 bridgehead atoms. The number of hydrogen-bond donors (Lipinski definition) is 0. The van der Waals surface area contributed by atoms with E-state index in [1.807, 2.05) is 20.8 Å². The largest absolute Gasteiger partial charge is 0.466 e. The van der Waals surface area contributed by atoms with Crippen molar-refractivity contribution in [2.75, 3.05) is 6.61 Å². The maximum absolute atomic E-state index is 12.9. The number of carbonyl (C=O) groups excluding carboxylic acids is 1. The SMILES string of the molecule is CCOC(=O)C1CC2(C)OC1(C)CC2OCc1ccc(F)cc1. The van der Waals surface area contributed by atoms with Crippen LogP contribution in [-0.4, -0.2) is 29.9 Å². The van der Waals surface area contributed by atoms with Crippen molar-refractivity contribution in [2.24, 2.45) is 5.92 Å². The van der Waals surface area contributed by atoms with Gasteiger partial charge >= 0.3 is 5.97 Å². The van der Waals surface area contributed by atoms with Crippen molar-refractivity contribution in [3.63, 3.8) is 0 Å². The molecule has 1 aromatic carbocycles. The molecule has 2 aliphatic rings. The summed E-state index contributed by atoms with van der Waals surface area (Å²) in [6.07, 6.45) is 1.19. The summed E-state index contributed by atoms with van der Waals surface area (Å²) in [6.45, 7) is 6.55. The minimum atomic E-state index is -0.533. The van der Waals surface area contributed by atoms with Crippen LogP contribution in [-0.2, 0) is 25.6 Å². The topological polar surface area (TPSA) is 44.8 Å². The highest BCUT2D eigenvalue weighted by molar-refractivity contribution is 5.75. The lowest BCUT2D eigenvalue weighted by Gasteiger charge is -2.32. The number of rotatable bonds is 5. The van der Waals surface area contributed by atoms with E-state index in [-0.39, 0.29) is 23.8 Å². The van der Waals surface area contributed by atoms with Crippen molar-refractivity contribution in [1.82, 2.24) is 0 Å². The lowest BCUT2D eigenvalue weighted by molar-refractivity contribution is -0.153. The summed E-state index contributed by atoms with van der Waals surface area (Å²) in [4.78, 5) is 12.1. The molecule has 0 saturated carbocycles. The maximum Gasteiger partial charge on any atom is 0.311 e. The third-order valence-corrected chi connectivity index (χ3v) is 5.02. The molecule has 5 heteroatoms. The van der Waals surface area contributed by atoms with Crippen molar-refractivity contribution in [2.45, 2.75) is 57.5 Å². The molecular formula is C18H23FO4. The van der Waals surface area contributed by atoms with Gasteiger partial charge in [-0.15, -0.1) is 0 Å². The van der Waals surface area contributed by atoms with Crippen molar-refractivity contribution < 1.29 is 23.4 Å². The molecule has 0 amide bonds. The molecule has 0 N–H and O–H groups in total. The van der Waals surface area contributed by atoms with Crippen molar-refractivity contribution >= 4 is 5.97 Å². The van der Waals surface area contributed by atoms with Gasteiger partial charge in [0.2, 0.25) is 0 Å². The van der Waals surface area contributed by atoms with E-state index in [0.717, 1.165) is 5.56 Å². The Balaban J connectivity index is 1.64. The summed E-state index contributed by atoms with van der Waals surface area (Å²) >= 11 is 0. The Hall–Kier alpha value is -1.46. The second kappa shape index (κ2) is 5.87. The van der Waals surface area contributed by atoms with Gasteiger partial charge in [0.15, 0.2) is 0 Å². The van der Waals surface area contributed by atoms with Crippen molar-refractivity contribution in [3.8, 4) is 0 Å². The molecule has 2 fully saturated rings. The normalized spacial score (nSPS) is 35.5. The first kappa shape index (κ1) is 16.4. The van der Waals surface area contributed by atoms with Crippen LogP contribution in [0.2, 0.25) is 0 Å². The lowest BCUT2D eigenvalue weighted by Crippen LogP contribution is -2.44. The van der Waals surface area contributed by atoms with E-state index in [1.165, 1.54) is 12.1 Å². The number of halogens is 1. The summed E-state index contributed by atoms with van der Waals surface area (Å²) < 4.78 is 30.3. The fourth-order valence-electron chi connectivity index (χ4n) is 3.82. The summed E-state index contributed by atoms with van der Waals surface area (Å²) in [7, 11) is 0. The number of ether oxygens (including phenoxy) is 3. The first-order valence-corrected chi connectivity index (χ1v) is 8.09. The van der Waals surface area contributed by atoms with E-state index in [9.17, 15) is 9.18 Å². The summed E-state index contributed by atoms with van der Waals surface area (Å²) in [5.74, 6) is -0.678. The predicted octanol–water partition coefficient (Wildman–Crippen LogP) is 3.23. The molecule has 3 rings (SSSR count). The predicted molar refractivity (Wildman–Crippen MR) is 82.2 cm³/mol. The highest BCUT2D eigenvalue weighted by Gasteiger charge is 2.65. The quantitative estimate of drug-likeness (QED) is 0.781. The molecule has 2 saturated heterocycles. The minimum Gasteiger partial charge on any atom is -0.466 e. The molecular weight excluding hydrogens is 299 g/mol. The van der Waals surface area contributed by atoms with Crippen LogP contribution < -0.4 is 0 Å². The first-order valence-electron chi connectivity index (χ1n) is 8.09. The highest BCUT2D eigenvalue weighted by atomic mass is 19.1. The number of hydrogen-bond acceptors (Lipinski definition) is 4. The Morgan fingerprint density at radius 2 is 1.96 bits per heavy atom. The standard InChI is InChI=1S/C18H23FO4/c1-4-21-16(20)14-9-18(3)15(10-17(14,2)23-18)22-11-12-5-7-13(19)8-6-12/h5-8,14-15H,4,9-11H2,1-3H3. The van der Waals surface area contributed by atoms with Crippen LogP contribution in [0.25, 0.3) is 0 Å². The molecule has 4 unspecified atom stereocenters. The number of carbonyl (C=O) groups is 1. The minimum absolute atomic E-state index is 0.0803. The zero-order valence-electron chi connectivity index (χ0n) is 13.8. The van der Waals surface area contributed by atoms with E-state index in [4.69, 9.17) is 14.2 Å². The van der Waals surface area contributed by atoms with Gasteiger partial charge in [-0.2, -0.15) is 0 Å². The van der Waals surface area contributed by atoms with Crippen LogP contribution in [0.1, 0.15) is 39.2 Å². The molecule has 4 atom stereocenters. The summed E-state index contributed by atoms with van der Waals surface area (Å²) in [6, 6.07) is 6.29. The lowest BCUT2D eigenvalue weighted by atomic mass is 9.74. The van der Waals surface area contributed by atoms with Gasteiger partial charge in [0.1, 0.15) is 5.82 Å². The van der Waals surface area contributed by atoms with Crippen LogP contribution in [0, 0.1) is 11.7 Å². The van der Waals surface area contributed by atoms with Gasteiger partial charge in [-0.3, -0.25) is 4.79 Å². The van der Waals surface area contributed by atoms with Crippen LogP contribution in [0.3, 0.4) is 0 Å². The molecule has 0 spiro atoms. The molecule has 126 valence electrons. The van der Waals surface area contributed by atoms with E-state index in [1.54, 1.807) is 12.1 Å². The number of fused-ring (bicyclic) bond motifs is 2. The third kappa shape index (κ3) is 3.00. The van der Waals surface area contributed by atoms with Crippen LogP contribution in [0.5, 0.6) is 0 Å². The Bertz CT molecular complexity index is 587. The summed E-state index contributed by atoms with van der Waals surface area (Å²) in [5, 5.41) is 0. The molecule has 0 radical (unpaired) electrons. The zero-order valence-corrected chi connectivity index (χ0v) is 13.8. The molecule has 0 aliphatic carbocycles. The van der Waals surface area contributed by atoms with Crippen LogP contribution in [0.4, 0.5) is 4.39 Å². The molecule has 2 heterocycles. The molecule has 2 aliphatic heterocycles.